The quantitative estimate of drug-likeness (QED) is 0.524. The Hall–Kier alpha value is -0.0900. The molecule has 0 heterocycles. The van der Waals surface area contributed by atoms with E-state index in [1.165, 1.54) is 38.5 Å². The molecule has 0 N–H and O–H groups in total. The molecule has 0 aliphatic heterocycles. The van der Waals surface area contributed by atoms with Crippen molar-refractivity contribution >= 4 is 10.1 Å². The van der Waals surface area contributed by atoms with Gasteiger partial charge in [0.1, 0.15) is 0 Å². The summed E-state index contributed by atoms with van der Waals surface area (Å²) >= 11 is 0. The Bertz CT molecular complexity index is 253. The van der Waals surface area contributed by atoms with Crippen molar-refractivity contribution in [1.82, 2.24) is 0 Å². The third-order valence-corrected chi connectivity index (χ3v) is 3.62. The zero-order chi connectivity index (χ0) is 11.1. The third-order valence-electron chi connectivity index (χ3n) is 3.03. The van der Waals surface area contributed by atoms with Crippen molar-refractivity contribution in [2.75, 3.05) is 12.9 Å². The van der Waals surface area contributed by atoms with E-state index in [0.717, 1.165) is 25.0 Å². The molecule has 0 radical (unpaired) electrons. The van der Waals surface area contributed by atoms with Gasteiger partial charge in [-0.1, -0.05) is 44.9 Å². The summed E-state index contributed by atoms with van der Waals surface area (Å²) in [5, 5.41) is 0. The lowest BCUT2D eigenvalue weighted by Crippen LogP contribution is -2.07. The van der Waals surface area contributed by atoms with Gasteiger partial charge in [-0.3, -0.25) is 4.18 Å². The molecule has 1 aliphatic rings. The van der Waals surface area contributed by atoms with E-state index in [2.05, 4.69) is 0 Å². The molecular weight excluding hydrogens is 212 g/mol. The minimum Gasteiger partial charge on any atom is -0.270 e. The van der Waals surface area contributed by atoms with E-state index >= 15 is 0 Å². The Morgan fingerprint density at radius 3 is 2.40 bits per heavy atom. The Labute approximate surface area is 93.3 Å². The van der Waals surface area contributed by atoms with Crippen molar-refractivity contribution in [2.24, 2.45) is 5.92 Å². The molecule has 0 amide bonds. The van der Waals surface area contributed by atoms with Crippen LogP contribution in [0.1, 0.15) is 51.4 Å². The number of hydrogen-bond donors (Lipinski definition) is 0. The number of rotatable bonds is 6. The van der Waals surface area contributed by atoms with Crippen molar-refractivity contribution in [3.8, 4) is 0 Å². The molecule has 0 unspecified atom stereocenters. The summed E-state index contributed by atoms with van der Waals surface area (Å²) in [6, 6.07) is 0. The first kappa shape index (κ1) is 13.0. The molecule has 1 aliphatic carbocycles. The second-order valence-electron chi connectivity index (χ2n) is 4.53. The standard InChI is InChI=1S/C11H22O3S/c1-15(12,13)14-10-6-5-9-11-7-3-2-4-8-11/h11H,2-10H2,1H3. The van der Waals surface area contributed by atoms with E-state index in [4.69, 9.17) is 4.18 Å². The molecule has 0 spiro atoms. The van der Waals surface area contributed by atoms with Gasteiger partial charge in [0, 0.05) is 0 Å². The second-order valence-corrected chi connectivity index (χ2v) is 6.17. The van der Waals surface area contributed by atoms with E-state index in [1.807, 2.05) is 0 Å². The van der Waals surface area contributed by atoms with E-state index in [0.29, 0.717) is 6.61 Å². The second kappa shape index (κ2) is 6.48. The molecule has 1 saturated carbocycles. The zero-order valence-corrected chi connectivity index (χ0v) is 10.4. The first-order valence-corrected chi connectivity index (χ1v) is 7.74. The van der Waals surface area contributed by atoms with Crippen molar-refractivity contribution < 1.29 is 12.6 Å². The molecule has 90 valence electrons. The molecule has 0 aromatic carbocycles. The van der Waals surface area contributed by atoms with Crippen LogP contribution in [0.4, 0.5) is 0 Å². The van der Waals surface area contributed by atoms with Crippen LogP contribution < -0.4 is 0 Å². The highest BCUT2D eigenvalue weighted by Crippen LogP contribution is 2.27. The van der Waals surface area contributed by atoms with Crippen LogP contribution in [0.3, 0.4) is 0 Å². The molecular formula is C11H22O3S. The van der Waals surface area contributed by atoms with Crippen LogP contribution in [0.25, 0.3) is 0 Å². The van der Waals surface area contributed by atoms with E-state index in [-0.39, 0.29) is 0 Å². The Balaban J connectivity index is 1.96. The fourth-order valence-electron chi connectivity index (χ4n) is 2.22. The molecule has 3 nitrogen and oxygen atoms in total. The van der Waals surface area contributed by atoms with Gasteiger partial charge in [0.05, 0.1) is 12.9 Å². The maximum absolute atomic E-state index is 10.7. The van der Waals surface area contributed by atoms with Crippen LogP contribution in [-0.2, 0) is 14.3 Å². The van der Waals surface area contributed by atoms with Gasteiger partial charge < -0.3 is 0 Å². The third kappa shape index (κ3) is 6.90. The highest BCUT2D eigenvalue weighted by Gasteiger charge is 2.12. The molecule has 1 rings (SSSR count). The van der Waals surface area contributed by atoms with Gasteiger partial charge in [-0.2, -0.15) is 8.42 Å². The molecule has 0 bridgehead atoms. The van der Waals surface area contributed by atoms with Crippen molar-refractivity contribution in [3.63, 3.8) is 0 Å². The fraction of sp³-hybridized carbons (Fsp3) is 1.00. The molecule has 4 heteroatoms. The summed E-state index contributed by atoms with van der Waals surface area (Å²) in [6.07, 6.45) is 11.2. The normalized spacial score (nSPS) is 19.3. The van der Waals surface area contributed by atoms with Gasteiger partial charge >= 0.3 is 0 Å². The van der Waals surface area contributed by atoms with Gasteiger partial charge in [-0.15, -0.1) is 0 Å². The van der Waals surface area contributed by atoms with E-state index < -0.39 is 10.1 Å². The Kier molecular flexibility index (Phi) is 5.61. The van der Waals surface area contributed by atoms with Crippen LogP contribution in [-0.4, -0.2) is 21.3 Å². The monoisotopic (exact) mass is 234 g/mol. The van der Waals surface area contributed by atoms with Gasteiger partial charge in [-0.25, -0.2) is 0 Å². The van der Waals surface area contributed by atoms with Gasteiger partial charge in [0.15, 0.2) is 0 Å². The zero-order valence-electron chi connectivity index (χ0n) is 9.57. The van der Waals surface area contributed by atoms with Gasteiger partial charge in [0.2, 0.25) is 0 Å². The molecule has 0 aromatic rings. The summed E-state index contributed by atoms with van der Waals surface area (Å²) in [7, 11) is -3.23. The van der Waals surface area contributed by atoms with Gasteiger partial charge in [-0.05, 0) is 12.3 Å². The first-order chi connectivity index (χ1) is 7.08. The lowest BCUT2D eigenvalue weighted by molar-refractivity contribution is 0.288. The SMILES string of the molecule is CS(=O)(=O)OCCCCC1CCCCC1. The lowest BCUT2D eigenvalue weighted by Gasteiger charge is -2.21. The molecule has 0 atom stereocenters. The summed E-state index contributed by atoms with van der Waals surface area (Å²) in [6.45, 7) is 0.353. The predicted molar refractivity (Wildman–Crippen MR) is 61.2 cm³/mol. The van der Waals surface area contributed by atoms with Crippen LogP contribution in [0.15, 0.2) is 0 Å². The minimum atomic E-state index is -3.23. The minimum absolute atomic E-state index is 0.353. The highest BCUT2D eigenvalue weighted by molar-refractivity contribution is 7.85. The number of hydrogen-bond acceptors (Lipinski definition) is 3. The molecule has 1 fully saturated rings. The average Bonchev–Trinajstić information content (AvgIpc) is 2.17. The maximum atomic E-state index is 10.7. The molecule has 0 aromatic heterocycles. The van der Waals surface area contributed by atoms with E-state index in [1.54, 1.807) is 0 Å². The van der Waals surface area contributed by atoms with Crippen LogP contribution >= 0.6 is 0 Å². The maximum Gasteiger partial charge on any atom is 0.264 e. The predicted octanol–water partition coefficient (Wildman–Crippen LogP) is 2.71. The number of unbranched alkanes of at least 4 members (excludes halogenated alkanes) is 1. The van der Waals surface area contributed by atoms with Crippen molar-refractivity contribution in [2.45, 2.75) is 51.4 Å². The van der Waals surface area contributed by atoms with Crippen molar-refractivity contribution in [3.05, 3.63) is 0 Å². The van der Waals surface area contributed by atoms with E-state index in [9.17, 15) is 8.42 Å². The first-order valence-electron chi connectivity index (χ1n) is 5.92. The summed E-state index contributed by atoms with van der Waals surface area (Å²) in [5.74, 6) is 0.886. The van der Waals surface area contributed by atoms with Crippen LogP contribution in [0.2, 0.25) is 0 Å². The largest absolute Gasteiger partial charge is 0.270 e. The molecule has 15 heavy (non-hydrogen) atoms. The smallest absolute Gasteiger partial charge is 0.264 e. The van der Waals surface area contributed by atoms with Gasteiger partial charge in [0.25, 0.3) is 10.1 Å². The summed E-state index contributed by atoms with van der Waals surface area (Å²) in [4.78, 5) is 0. The lowest BCUT2D eigenvalue weighted by atomic mass is 9.86. The summed E-state index contributed by atoms with van der Waals surface area (Å²) in [5.41, 5.74) is 0. The molecule has 0 saturated heterocycles. The Morgan fingerprint density at radius 2 is 1.80 bits per heavy atom. The van der Waals surface area contributed by atoms with Crippen LogP contribution in [0, 0.1) is 5.92 Å². The van der Waals surface area contributed by atoms with Crippen molar-refractivity contribution in [1.29, 1.82) is 0 Å². The highest BCUT2D eigenvalue weighted by atomic mass is 32.2. The average molecular weight is 234 g/mol. The Morgan fingerprint density at radius 1 is 1.13 bits per heavy atom. The topological polar surface area (TPSA) is 43.4 Å². The van der Waals surface area contributed by atoms with Crippen LogP contribution in [0.5, 0.6) is 0 Å². The fourth-order valence-corrected chi connectivity index (χ4v) is 2.64. The summed E-state index contributed by atoms with van der Waals surface area (Å²) < 4.78 is 26.0.